The third-order valence-electron chi connectivity index (χ3n) is 3.96. The van der Waals surface area contributed by atoms with E-state index in [0.717, 1.165) is 24.2 Å². The summed E-state index contributed by atoms with van der Waals surface area (Å²) in [6.45, 7) is 3.54. The summed E-state index contributed by atoms with van der Waals surface area (Å²) in [5.41, 5.74) is 2.03. The van der Waals surface area contributed by atoms with Crippen molar-refractivity contribution in [3.05, 3.63) is 29.8 Å². The fraction of sp³-hybridized carbons (Fsp3) is 0.625. The fourth-order valence-corrected chi connectivity index (χ4v) is 3.03. The lowest BCUT2D eigenvalue weighted by Gasteiger charge is -2.31. The molecule has 0 aliphatic carbocycles. The molecule has 1 aliphatic rings. The topological polar surface area (TPSA) is 46.9 Å². The van der Waals surface area contributed by atoms with Crippen LogP contribution in [0.4, 0.5) is 5.69 Å². The van der Waals surface area contributed by atoms with E-state index in [4.69, 9.17) is 0 Å². The number of likely N-dealkylation sites (N-methyl/N-ethyl adjacent to an activating group) is 1. The van der Waals surface area contributed by atoms with Gasteiger partial charge in [-0.2, -0.15) is 0 Å². The number of para-hydroxylation sites is 1. The van der Waals surface area contributed by atoms with Gasteiger partial charge in [0, 0.05) is 30.4 Å². The Bertz CT molecular complexity index is 436. The summed E-state index contributed by atoms with van der Waals surface area (Å²) < 4.78 is 0. The molecule has 4 heteroatoms. The molecular weight excluding hydrogens is 252 g/mol. The van der Waals surface area contributed by atoms with E-state index in [1.807, 2.05) is 25.1 Å². The molecule has 2 N–H and O–H groups in total. The van der Waals surface area contributed by atoms with Gasteiger partial charge in [0.1, 0.15) is 0 Å². The number of aliphatic hydroxyl groups is 2. The summed E-state index contributed by atoms with van der Waals surface area (Å²) >= 11 is 0. The van der Waals surface area contributed by atoms with Crippen LogP contribution in [-0.2, 0) is 0 Å². The molecule has 4 nitrogen and oxygen atoms in total. The van der Waals surface area contributed by atoms with Gasteiger partial charge in [0.2, 0.25) is 0 Å². The largest absolute Gasteiger partial charge is 0.391 e. The van der Waals surface area contributed by atoms with E-state index in [9.17, 15) is 10.2 Å². The van der Waals surface area contributed by atoms with Crippen LogP contribution < -0.4 is 4.90 Å². The number of nitrogens with zero attached hydrogens (tertiary/aromatic N) is 2. The van der Waals surface area contributed by atoms with E-state index in [1.54, 1.807) is 0 Å². The molecule has 3 atom stereocenters. The molecule has 0 spiro atoms. The Morgan fingerprint density at radius 3 is 2.70 bits per heavy atom. The third-order valence-corrected chi connectivity index (χ3v) is 3.96. The first-order valence-corrected chi connectivity index (χ1v) is 7.39. The minimum Gasteiger partial charge on any atom is -0.391 e. The van der Waals surface area contributed by atoms with Gasteiger partial charge >= 0.3 is 0 Å². The maximum Gasteiger partial charge on any atom is 0.0807 e. The lowest BCUT2D eigenvalue weighted by atomic mass is 10.0. The van der Waals surface area contributed by atoms with Gasteiger partial charge in [0.15, 0.2) is 0 Å². The van der Waals surface area contributed by atoms with Crippen molar-refractivity contribution in [1.29, 1.82) is 0 Å². The molecule has 1 aromatic carbocycles. The standard InChI is InChI=1S/C16H26N2O2/c1-4-16(20)14-7-5-6-8-15(14)18-11-13(19)9-12(18)10-17(2)3/h5-8,12-13,16,19-20H,4,9-11H2,1-3H3/t12?,13?,16-/m1/s1. The SMILES string of the molecule is CC[C@@H](O)c1ccccc1N1CC(O)CC1CN(C)C. The second kappa shape index (κ2) is 6.57. The number of benzene rings is 1. The summed E-state index contributed by atoms with van der Waals surface area (Å²) in [7, 11) is 4.10. The van der Waals surface area contributed by atoms with Crippen molar-refractivity contribution in [3.63, 3.8) is 0 Å². The zero-order chi connectivity index (χ0) is 14.7. The van der Waals surface area contributed by atoms with E-state index < -0.39 is 6.10 Å². The molecule has 2 unspecified atom stereocenters. The van der Waals surface area contributed by atoms with Crippen molar-refractivity contribution >= 4 is 5.69 Å². The van der Waals surface area contributed by atoms with Crippen molar-refractivity contribution in [2.75, 3.05) is 32.1 Å². The molecule has 0 radical (unpaired) electrons. The molecule has 1 aromatic rings. The Balaban J connectivity index is 2.29. The van der Waals surface area contributed by atoms with Crippen molar-refractivity contribution in [2.24, 2.45) is 0 Å². The first-order valence-electron chi connectivity index (χ1n) is 7.39. The van der Waals surface area contributed by atoms with Crippen molar-refractivity contribution in [2.45, 2.75) is 38.0 Å². The molecular formula is C16H26N2O2. The number of β-amino-alcohol motifs (C(OH)–C–C–N with tert-alkyl or cyclic N) is 1. The van der Waals surface area contributed by atoms with Crippen LogP contribution >= 0.6 is 0 Å². The van der Waals surface area contributed by atoms with Crippen LogP contribution in [0.1, 0.15) is 31.4 Å². The second-order valence-corrected chi connectivity index (χ2v) is 5.94. The number of aliphatic hydroxyl groups excluding tert-OH is 2. The predicted octanol–water partition coefficient (Wildman–Crippen LogP) is 1.63. The van der Waals surface area contributed by atoms with Crippen LogP contribution in [0.5, 0.6) is 0 Å². The number of anilines is 1. The Morgan fingerprint density at radius 2 is 2.05 bits per heavy atom. The van der Waals surface area contributed by atoms with Gasteiger partial charge in [0.25, 0.3) is 0 Å². The van der Waals surface area contributed by atoms with Crippen LogP contribution in [-0.4, -0.2) is 54.4 Å². The molecule has 0 bridgehead atoms. The van der Waals surface area contributed by atoms with Crippen LogP contribution in [0.2, 0.25) is 0 Å². The Kier molecular flexibility index (Phi) is 5.02. The highest BCUT2D eigenvalue weighted by atomic mass is 16.3. The smallest absolute Gasteiger partial charge is 0.0807 e. The molecule has 1 aliphatic heterocycles. The lowest BCUT2D eigenvalue weighted by Crippen LogP contribution is -2.38. The molecule has 0 saturated carbocycles. The van der Waals surface area contributed by atoms with Gasteiger partial charge in [-0.25, -0.2) is 0 Å². The van der Waals surface area contributed by atoms with E-state index >= 15 is 0 Å². The molecule has 2 rings (SSSR count). The first-order chi connectivity index (χ1) is 9.52. The number of hydrogen-bond donors (Lipinski definition) is 2. The van der Waals surface area contributed by atoms with Gasteiger partial charge in [0.05, 0.1) is 12.2 Å². The van der Waals surface area contributed by atoms with Crippen molar-refractivity contribution in [1.82, 2.24) is 4.90 Å². The van der Waals surface area contributed by atoms with Crippen LogP contribution in [0, 0.1) is 0 Å². The highest BCUT2D eigenvalue weighted by molar-refractivity contribution is 5.56. The Morgan fingerprint density at radius 1 is 1.35 bits per heavy atom. The van der Waals surface area contributed by atoms with E-state index in [0.29, 0.717) is 19.0 Å². The van der Waals surface area contributed by atoms with Gasteiger partial charge < -0.3 is 20.0 Å². The lowest BCUT2D eigenvalue weighted by molar-refractivity contribution is 0.173. The van der Waals surface area contributed by atoms with Gasteiger partial charge in [-0.15, -0.1) is 0 Å². The van der Waals surface area contributed by atoms with Crippen LogP contribution in [0.3, 0.4) is 0 Å². The Hall–Kier alpha value is -1.10. The highest BCUT2D eigenvalue weighted by Gasteiger charge is 2.32. The molecule has 1 fully saturated rings. The first kappa shape index (κ1) is 15.3. The second-order valence-electron chi connectivity index (χ2n) is 5.94. The third kappa shape index (κ3) is 3.32. The minimum atomic E-state index is -0.441. The molecule has 0 amide bonds. The summed E-state index contributed by atoms with van der Waals surface area (Å²) in [6.07, 6.45) is 0.760. The average Bonchev–Trinajstić information content (AvgIpc) is 2.77. The van der Waals surface area contributed by atoms with Gasteiger partial charge in [-0.1, -0.05) is 25.1 Å². The highest BCUT2D eigenvalue weighted by Crippen LogP contribution is 2.33. The maximum absolute atomic E-state index is 10.2. The normalized spacial score (nSPS) is 24.4. The van der Waals surface area contributed by atoms with Crippen molar-refractivity contribution in [3.8, 4) is 0 Å². The quantitative estimate of drug-likeness (QED) is 0.859. The van der Waals surface area contributed by atoms with E-state index in [2.05, 4.69) is 30.0 Å². The fourth-order valence-electron chi connectivity index (χ4n) is 3.03. The number of rotatable bonds is 5. The molecule has 20 heavy (non-hydrogen) atoms. The van der Waals surface area contributed by atoms with Crippen LogP contribution in [0.15, 0.2) is 24.3 Å². The van der Waals surface area contributed by atoms with Gasteiger partial charge in [-0.3, -0.25) is 0 Å². The minimum absolute atomic E-state index is 0.285. The summed E-state index contributed by atoms with van der Waals surface area (Å²) in [5.74, 6) is 0. The van der Waals surface area contributed by atoms with Gasteiger partial charge in [-0.05, 0) is 33.0 Å². The van der Waals surface area contributed by atoms with E-state index in [-0.39, 0.29) is 6.10 Å². The number of hydrogen-bond acceptors (Lipinski definition) is 4. The van der Waals surface area contributed by atoms with E-state index in [1.165, 1.54) is 0 Å². The molecule has 0 aromatic heterocycles. The van der Waals surface area contributed by atoms with Crippen LogP contribution in [0.25, 0.3) is 0 Å². The summed E-state index contributed by atoms with van der Waals surface area (Å²) in [6, 6.07) is 8.30. The predicted molar refractivity (Wildman–Crippen MR) is 82.0 cm³/mol. The summed E-state index contributed by atoms with van der Waals surface area (Å²) in [4.78, 5) is 4.40. The molecule has 112 valence electrons. The summed E-state index contributed by atoms with van der Waals surface area (Å²) in [5, 5.41) is 20.2. The zero-order valence-corrected chi connectivity index (χ0v) is 12.7. The molecule has 1 saturated heterocycles. The maximum atomic E-state index is 10.2. The molecule has 1 heterocycles. The van der Waals surface area contributed by atoms with Crippen molar-refractivity contribution < 1.29 is 10.2 Å². The average molecular weight is 278 g/mol. The zero-order valence-electron chi connectivity index (χ0n) is 12.7. The monoisotopic (exact) mass is 278 g/mol. The Labute approximate surface area is 121 Å².